The maximum absolute atomic E-state index is 13.1. The van der Waals surface area contributed by atoms with Crippen LogP contribution in [-0.4, -0.2) is 87.5 Å². The highest BCUT2D eigenvalue weighted by Gasteiger charge is 2.44. The molecule has 488 valence electrons. The van der Waals surface area contributed by atoms with Crippen LogP contribution in [0.5, 0.6) is 0 Å². The molecule has 9 nitrogen and oxygen atoms in total. The van der Waals surface area contributed by atoms with Crippen molar-refractivity contribution >= 4 is 5.91 Å². The predicted octanol–water partition coefficient (Wildman–Crippen LogP) is 19.7. The third-order valence-corrected chi connectivity index (χ3v) is 16.7. The minimum atomic E-state index is -1.58. The molecule has 1 amide bonds. The molecule has 0 aromatic heterocycles. The molecule has 1 aliphatic heterocycles. The summed E-state index contributed by atoms with van der Waals surface area (Å²) in [6.07, 6.45) is 84.2. The van der Waals surface area contributed by atoms with Crippen molar-refractivity contribution in [3.8, 4) is 0 Å². The van der Waals surface area contributed by atoms with Crippen LogP contribution in [0.25, 0.3) is 0 Å². The van der Waals surface area contributed by atoms with Gasteiger partial charge in [0.15, 0.2) is 6.29 Å². The molecule has 7 atom stereocenters. The van der Waals surface area contributed by atoms with Crippen molar-refractivity contribution in [1.29, 1.82) is 0 Å². The number of amides is 1. The minimum Gasteiger partial charge on any atom is -0.394 e. The van der Waals surface area contributed by atoms with Gasteiger partial charge in [0.25, 0.3) is 0 Å². The van der Waals surface area contributed by atoms with E-state index in [-0.39, 0.29) is 12.5 Å². The lowest BCUT2D eigenvalue weighted by molar-refractivity contribution is -0.302. The Morgan fingerprint density at radius 3 is 1.14 bits per heavy atom. The normalized spacial score (nSPS) is 18.7. The molecule has 84 heavy (non-hydrogen) atoms. The van der Waals surface area contributed by atoms with Gasteiger partial charge in [0.2, 0.25) is 5.91 Å². The van der Waals surface area contributed by atoms with E-state index in [0.29, 0.717) is 6.42 Å². The van der Waals surface area contributed by atoms with Gasteiger partial charge in [-0.05, 0) is 83.5 Å². The molecule has 0 spiro atoms. The Bertz CT molecular complexity index is 1600. The molecule has 0 aromatic rings. The zero-order valence-electron chi connectivity index (χ0n) is 54.6. The van der Waals surface area contributed by atoms with Gasteiger partial charge in [0, 0.05) is 6.42 Å². The highest BCUT2D eigenvalue weighted by Crippen LogP contribution is 2.23. The fourth-order valence-corrected chi connectivity index (χ4v) is 11.1. The average molecular weight is 1180 g/mol. The molecule has 1 fully saturated rings. The Hall–Kier alpha value is -2.63. The maximum atomic E-state index is 13.1. The molecular weight excluding hydrogens is 1040 g/mol. The van der Waals surface area contributed by atoms with Gasteiger partial charge in [-0.1, -0.05) is 324 Å². The van der Waals surface area contributed by atoms with Gasteiger partial charge in [0.05, 0.1) is 25.4 Å². The molecule has 6 N–H and O–H groups in total. The third-order valence-electron chi connectivity index (χ3n) is 16.7. The quantitative estimate of drug-likeness (QED) is 0.0261. The number of hydrogen-bond acceptors (Lipinski definition) is 8. The van der Waals surface area contributed by atoms with E-state index in [4.69, 9.17) is 9.47 Å². The highest BCUT2D eigenvalue weighted by atomic mass is 16.7. The summed E-state index contributed by atoms with van der Waals surface area (Å²) in [5.74, 6) is -0.186. The largest absolute Gasteiger partial charge is 0.394 e. The fourth-order valence-electron chi connectivity index (χ4n) is 11.1. The second-order valence-corrected chi connectivity index (χ2v) is 24.6. The van der Waals surface area contributed by atoms with Crippen LogP contribution in [0.2, 0.25) is 0 Å². The number of unbranched alkanes of at least 4 members (excludes halogenated alkanes) is 40. The first-order chi connectivity index (χ1) is 41.3. The Kier molecular flexibility index (Phi) is 59.9. The average Bonchev–Trinajstić information content (AvgIpc) is 3.70. The summed E-state index contributed by atoms with van der Waals surface area (Å²) >= 11 is 0. The zero-order chi connectivity index (χ0) is 60.7. The lowest BCUT2D eigenvalue weighted by atomic mass is 9.99. The smallest absolute Gasteiger partial charge is 0.220 e. The van der Waals surface area contributed by atoms with E-state index < -0.39 is 49.5 Å². The van der Waals surface area contributed by atoms with Crippen molar-refractivity contribution in [3.05, 3.63) is 85.1 Å². The molecule has 0 radical (unpaired) electrons. The highest BCUT2D eigenvalue weighted by molar-refractivity contribution is 5.76. The molecule has 0 aliphatic carbocycles. The number of rotatable bonds is 62. The molecular formula is C75H135NO8. The number of nitrogens with one attached hydrogen (secondary N) is 1. The summed E-state index contributed by atoms with van der Waals surface area (Å²) < 4.78 is 11.3. The molecule has 0 aromatic carbocycles. The number of hydrogen-bond donors (Lipinski definition) is 6. The number of aliphatic hydroxyl groups is 5. The first-order valence-electron chi connectivity index (χ1n) is 35.8. The lowest BCUT2D eigenvalue weighted by Crippen LogP contribution is -2.60. The Labute approximate surface area is 518 Å². The summed E-state index contributed by atoms with van der Waals surface area (Å²) in [6.45, 7) is 3.68. The summed E-state index contributed by atoms with van der Waals surface area (Å²) in [7, 11) is 0. The molecule has 0 saturated carbocycles. The van der Waals surface area contributed by atoms with E-state index in [2.05, 4.69) is 92.1 Å². The summed E-state index contributed by atoms with van der Waals surface area (Å²) in [6, 6.07) is -0.831. The van der Waals surface area contributed by atoms with Gasteiger partial charge in [0.1, 0.15) is 24.4 Å². The van der Waals surface area contributed by atoms with Gasteiger partial charge in [-0.25, -0.2) is 0 Å². The number of carbonyl (C=O) groups is 1. The molecule has 1 rings (SSSR count). The predicted molar refractivity (Wildman–Crippen MR) is 359 cm³/mol. The number of ether oxygens (including phenoxy) is 2. The van der Waals surface area contributed by atoms with E-state index in [1.54, 1.807) is 6.08 Å². The van der Waals surface area contributed by atoms with Gasteiger partial charge >= 0.3 is 0 Å². The van der Waals surface area contributed by atoms with E-state index in [0.717, 1.165) is 70.6 Å². The number of carbonyl (C=O) groups excluding carboxylic acids is 1. The van der Waals surface area contributed by atoms with E-state index in [1.165, 1.54) is 238 Å². The molecule has 9 heteroatoms. The number of allylic oxidation sites excluding steroid dienone is 13. The van der Waals surface area contributed by atoms with Crippen LogP contribution in [0, 0.1) is 0 Å². The minimum absolute atomic E-state index is 0.186. The third kappa shape index (κ3) is 51.4. The van der Waals surface area contributed by atoms with Crippen LogP contribution in [0.15, 0.2) is 85.1 Å². The Balaban J connectivity index is 2.11. The van der Waals surface area contributed by atoms with Crippen molar-refractivity contribution in [2.45, 2.75) is 371 Å². The van der Waals surface area contributed by atoms with Crippen LogP contribution in [0.1, 0.15) is 328 Å². The first-order valence-corrected chi connectivity index (χ1v) is 35.8. The van der Waals surface area contributed by atoms with Crippen molar-refractivity contribution in [3.63, 3.8) is 0 Å². The van der Waals surface area contributed by atoms with Crippen LogP contribution in [0.3, 0.4) is 0 Å². The van der Waals surface area contributed by atoms with Gasteiger partial charge in [-0.15, -0.1) is 0 Å². The van der Waals surface area contributed by atoms with Crippen molar-refractivity contribution in [2.24, 2.45) is 0 Å². The topological polar surface area (TPSA) is 149 Å². The number of aliphatic hydroxyl groups excluding tert-OH is 5. The molecule has 1 aliphatic rings. The molecule has 1 saturated heterocycles. The van der Waals surface area contributed by atoms with E-state index >= 15 is 0 Å². The van der Waals surface area contributed by atoms with Crippen LogP contribution < -0.4 is 5.32 Å². The standard InChI is InChI=1S/C75H135NO8/c1-3-5-7-9-11-13-15-17-19-21-23-25-27-29-30-31-32-33-34-35-36-37-38-39-40-41-43-45-47-49-51-53-55-57-59-61-63-65-71(79)76-68(67-83-75-74(82)73(81)72(80)70(66-77)84-75)69(78)64-62-60-58-56-54-52-50-48-46-44-42-28-26-24-22-20-18-16-14-12-10-8-6-4-2/h5,7,11,13,17,19,23,25,46,48,54,56,62,64,68-70,72-75,77-78,80-82H,3-4,6,8-10,12,14-16,18,20-22,24,26-45,47,49-53,55,57-61,63,65-67H2,1-2H3,(H,76,79)/b7-5-,13-11-,19-17-,25-23-,48-46+,56-54+,64-62+. The first kappa shape index (κ1) is 79.4. The fraction of sp³-hybridized carbons (Fsp3) is 0.800. The SMILES string of the molecule is CC/C=C\C/C=C\C/C=C\C/C=C\CCCCCCCCCCCCCCCCCCCCCCCCCCC(=O)NC(COC1OC(CO)C(O)C(O)C1O)C(O)/C=C/CC/C=C/CC/C=C/CCCCCCCCCCCCCCCC. The Morgan fingerprint density at radius 1 is 0.417 bits per heavy atom. The van der Waals surface area contributed by atoms with Crippen molar-refractivity contribution in [2.75, 3.05) is 13.2 Å². The Morgan fingerprint density at radius 2 is 0.750 bits per heavy atom. The van der Waals surface area contributed by atoms with Gasteiger partial charge in [-0.2, -0.15) is 0 Å². The van der Waals surface area contributed by atoms with Gasteiger partial charge in [-0.3, -0.25) is 4.79 Å². The summed E-state index contributed by atoms with van der Waals surface area (Å²) in [4.78, 5) is 13.1. The van der Waals surface area contributed by atoms with Crippen molar-refractivity contribution < 1.29 is 39.8 Å². The molecule has 0 bridgehead atoms. The van der Waals surface area contributed by atoms with E-state index in [9.17, 15) is 30.3 Å². The molecule has 1 heterocycles. The van der Waals surface area contributed by atoms with Gasteiger partial charge < -0.3 is 40.3 Å². The van der Waals surface area contributed by atoms with E-state index in [1.807, 2.05) is 6.08 Å². The second-order valence-electron chi connectivity index (χ2n) is 24.6. The second kappa shape index (κ2) is 63.4. The molecule has 7 unspecified atom stereocenters. The summed E-state index contributed by atoms with van der Waals surface area (Å²) in [5.41, 5.74) is 0. The lowest BCUT2D eigenvalue weighted by Gasteiger charge is -2.40. The summed E-state index contributed by atoms with van der Waals surface area (Å²) in [5, 5.41) is 54.7. The van der Waals surface area contributed by atoms with Crippen LogP contribution in [0.4, 0.5) is 0 Å². The van der Waals surface area contributed by atoms with Crippen LogP contribution in [-0.2, 0) is 14.3 Å². The van der Waals surface area contributed by atoms with Crippen LogP contribution >= 0.6 is 0 Å². The maximum Gasteiger partial charge on any atom is 0.220 e. The van der Waals surface area contributed by atoms with Crippen molar-refractivity contribution in [1.82, 2.24) is 5.32 Å². The monoisotopic (exact) mass is 1180 g/mol. The zero-order valence-corrected chi connectivity index (χ0v) is 54.6.